The molecule has 1 saturated heterocycles. The minimum absolute atomic E-state index is 0.00776. The molecular formula is C20H24N4O3. The van der Waals surface area contributed by atoms with Crippen LogP contribution in [0.15, 0.2) is 42.9 Å². The fourth-order valence-electron chi connectivity index (χ4n) is 3.79. The summed E-state index contributed by atoms with van der Waals surface area (Å²) in [5, 5.41) is 0. The highest BCUT2D eigenvalue weighted by atomic mass is 16.5. The first-order valence-corrected chi connectivity index (χ1v) is 9.44. The maximum atomic E-state index is 13.0. The van der Waals surface area contributed by atoms with Crippen LogP contribution in [0.2, 0.25) is 0 Å². The number of amides is 2. The minimum atomic E-state index is -0.131. The van der Waals surface area contributed by atoms with Crippen molar-refractivity contribution in [2.75, 3.05) is 26.2 Å². The smallest absolute Gasteiger partial charge is 0.260 e. The van der Waals surface area contributed by atoms with Crippen LogP contribution in [0, 0.1) is 5.92 Å². The van der Waals surface area contributed by atoms with Crippen molar-refractivity contribution in [2.24, 2.45) is 5.92 Å². The summed E-state index contributed by atoms with van der Waals surface area (Å²) < 4.78 is 7.65. The molecule has 0 N–H and O–H groups in total. The fraction of sp³-hybridized carbons (Fsp3) is 0.450. The molecule has 142 valence electrons. The first-order valence-electron chi connectivity index (χ1n) is 9.44. The molecule has 1 aromatic carbocycles. The third-order valence-electron chi connectivity index (χ3n) is 5.30. The molecule has 0 bridgehead atoms. The average molecular weight is 368 g/mol. The van der Waals surface area contributed by atoms with E-state index in [4.69, 9.17) is 4.74 Å². The standard InChI is InChI=1S/C20H24N4O3/c25-19(14-27-18-6-2-1-3-7-18)22-8-4-5-16(12-22)20(26)23-9-10-24-15-21-11-17(24)13-23/h1-3,6-7,11,15-16H,4-5,8-10,12-14H2. The number of hydrogen-bond donors (Lipinski definition) is 0. The molecule has 3 heterocycles. The lowest BCUT2D eigenvalue weighted by Crippen LogP contribution is -2.49. The van der Waals surface area contributed by atoms with E-state index in [0.717, 1.165) is 25.1 Å². The monoisotopic (exact) mass is 368 g/mol. The van der Waals surface area contributed by atoms with Crippen LogP contribution in [-0.2, 0) is 22.7 Å². The first kappa shape index (κ1) is 17.6. The second kappa shape index (κ2) is 7.82. The summed E-state index contributed by atoms with van der Waals surface area (Å²) in [6.07, 6.45) is 5.30. The van der Waals surface area contributed by atoms with Gasteiger partial charge >= 0.3 is 0 Å². The first-order chi connectivity index (χ1) is 13.2. The van der Waals surface area contributed by atoms with Gasteiger partial charge in [0, 0.05) is 32.4 Å². The molecule has 4 rings (SSSR count). The Hall–Kier alpha value is -2.83. The molecule has 1 atom stereocenters. The number of aromatic nitrogens is 2. The SMILES string of the molecule is O=C(COc1ccccc1)N1CCCC(C(=O)N2CCn3cncc3C2)C1. The molecule has 27 heavy (non-hydrogen) atoms. The number of hydrogen-bond acceptors (Lipinski definition) is 4. The van der Waals surface area contributed by atoms with Crippen LogP contribution in [0.3, 0.4) is 0 Å². The number of likely N-dealkylation sites (tertiary alicyclic amines) is 1. The van der Waals surface area contributed by atoms with Gasteiger partial charge in [0.1, 0.15) is 5.75 Å². The van der Waals surface area contributed by atoms with Gasteiger partial charge in [-0.05, 0) is 25.0 Å². The van der Waals surface area contributed by atoms with E-state index in [1.54, 1.807) is 4.90 Å². The van der Waals surface area contributed by atoms with Crippen molar-refractivity contribution in [3.05, 3.63) is 48.5 Å². The summed E-state index contributed by atoms with van der Waals surface area (Å²) in [5.74, 6) is 0.631. The zero-order valence-corrected chi connectivity index (χ0v) is 15.3. The van der Waals surface area contributed by atoms with Gasteiger partial charge in [0.2, 0.25) is 5.91 Å². The predicted molar refractivity (Wildman–Crippen MR) is 98.9 cm³/mol. The van der Waals surface area contributed by atoms with E-state index >= 15 is 0 Å². The topological polar surface area (TPSA) is 67.7 Å². The number of imidazole rings is 1. The van der Waals surface area contributed by atoms with Gasteiger partial charge in [-0.2, -0.15) is 0 Å². The molecule has 1 aromatic heterocycles. The Bertz CT molecular complexity index is 805. The molecule has 2 aliphatic heterocycles. The number of ether oxygens (including phenoxy) is 1. The summed E-state index contributed by atoms with van der Waals surface area (Å²) in [6.45, 7) is 3.25. The van der Waals surface area contributed by atoms with Crippen molar-refractivity contribution in [3.63, 3.8) is 0 Å². The van der Waals surface area contributed by atoms with E-state index in [1.807, 2.05) is 47.8 Å². The Morgan fingerprint density at radius 3 is 2.81 bits per heavy atom. The van der Waals surface area contributed by atoms with Crippen molar-refractivity contribution in [3.8, 4) is 5.75 Å². The Labute approximate surface area is 158 Å². The van der Waals surface area contributed by atoms with Crippen molar-refractivity contribution < 1.29 is 14.3 Å². The van der Waals surface area contributed by atoms with Gasteiger partial charge in [-0.15, -0.1) is 0 Å². The average Bonchev–Trinajstić information content (AvgIpc) is 3.20. The molecule has 1 fully saturated rings. The van der Waals surface area contributed by atoms with E-state index in [9.17, 15) is 9.59 Å². The number of carbonyl (C=O) groups excluding carboxylic acids is 2. The van der Waals surface area contributed by atoms with Gasteiger partial charge in [0.25, 0.3) is 5.91 Å². The summed E-state index contributed by atoms with van der Waals surface area (Å²) in [5.41, 5.74) is 1.06. The molecule has 0 aliphatic carbocycles. The molecule has 0 radical (unpaired) electrons. The lowest BCUT2D eigenvalue weighted by atomic mass is 9.96. The molecule has 2 amide bonds. The van der Waals surface area contributed by atoms with Crippen LogP contribution in [-0.4, -0.2) is 57.4 Å². The lowest BCUT2D eigenvalue weighted by molar-refractivity contribution is -0.142. The predicted octanol–water partition coefficient (Wildman–Crippen LogP) is 1.54. The van der Waals surface area contributed by atoms with Crippen LogP contribution in [0.1, 0.15) is 18.5 Å². The van der Waals surface area contributed by atoms with E-state index in [0.29, 0.717) is 31.9 Å². The van der Waals surface area contributed by atoms with Crippen LogP contribution in [0.5, 0.6) is 5.75 Å². The number of fused-ring (bicyclic) bond motifs is 1. The van der Waals surface area contributed by atoms with Gasteiger partial charge in [-0.3, -0.25) is 9.59 Å². The number of rotatable bonds is 4. The molecule has 1 unspecified atom stereocenters. The zero-order valence-electron chi connectivity index (χ0n) is 15.3. The summed E-state index contributed by atoms with van der Waals surface area (Å²) in [4.78, 5) is 33.3. The largest absolute Gasteiger partial charge is 0.484 e. The molecule has 7 nitrogen and oxygen atoms in total. The highest BCUT2D eigenvalue weighted by molar-refractivity contribution is 5.82. The zero-order chi connectivity index (χ0) is 18.6. The molecular weight excluding hydrogens is 344 g/mol. The second-order valence-corrected chi connectivity index (χ2v) is 7.12. The van der Waals surface area contributed by atoms with Crippen molar-refractivity contribution in [1.82, 2.24) is 19.4 Å². The molecule has 7 heteroatoms. The van der Waals surface area contributed by atoms with E-state index in [1.165, 1.54) is 0 Å². The number of benzene rings is 1. The highest BCUT2D eigenvalue weighted by Gasteiger charge is 2.32. The molecule has 0 saturated carbocycles. The maximum Gasteiger partial charge on any atom is 0.260 e. The number of nitrogens with zero attached hydrogens (tertiary/aromatic N) is 4. The molecule has 2 aliphatic rings. The van der Waals surface area contributed by atoms with E-state index in [-0.39, 0.29) is 24.3 Å². The third-order valence-corrected chi connectivity index (χ3v) is 5.30. The Morgan fingerprint density at radius 1 is 1.11 bits per heavy atom. The molecule has 2 aromatic rings. The maximum absolute atomic E-state index is 13.0. The number of para-hydroxylation sites is 1. The summed E-state index contributed by atoms with van der Waals surface area (Å²) >= 11 is 0. The van der Waals surface area contributed by atoms with Gasteiger partial charge < -0.3 is 19.1 Å². The molecule has 0 spiro atoms. The van der Waals surface area contributed by atoms with Crippen molar-refractivity contribution in [2.45, 2.75) is 25.9 Å². The minimum Gasteiger partial charge on any atom is -0.484 e. The van der Waals surface area contributed by atoms with Gasteiger partial charge in [0.15, 0.2) is 6.61 Å². The fourth-order valence-corrected chi connectivity index (χ4v) is 3.79. The Morgan fingerprint density at radius 2 is 1.96 bits per heavy atom. The Balaban J connectivity index is 1.32. The van der Waals surface area contributed by atoms with E-state index < -0.39 is 0 Å². The van der Waals surface area contributed by atoms with Crippen molar-refractivity contribution >= 4 is 11.8 Å². The van der Waals surface area contributed by atoms with E-state index in [2.05, 4.69) is 9.55 Å². The highest BCUT2D eigenvalue weighted by Crippen LogP contribution is 2.22. The Kier molecular flexibility index (Phi) is 5.09. The second-order valence-electron chi connectivity index (χ2n) is 7.12. The quantitative estimate of drug-likeness (QED) is 0.821. The van der Waals surface area contributed by atoms with Crippen LogP contribution in [0.25, 0.3) is 0 Å². The number of piperidine rings is 1. The van der Waals surface area contributed by atoms with Gasteiger partial charge in [-0.1, -0.05) is 18.2 Å². The van der Waals surface area contributed by atoms with Crippen LogP contribution < -0.4 is 4.74 Å². The van der Waals surface area contributed by atoms with Crippen molar-refractivity contribution in [1.29, 1.82) is 0 Å². The number of carbonyl (C=O) groups is 2. The third kappa shape index (κ3) is 3.97. The normalized spacial score (nSPS) is 19.5. The van der Waals surface area contributed by atoms with Crippen LogP contribution >= 0.6 is 0 Å². The lowest BCUT2D eigenvalue weighted by Gasteiger charge is -2.36. The van der Waals surface area contributed by atoms with Gasteiger partial charge in [0.05, 0.1) is 24.5 Å². The summed E-state index contributed by atoms with van der Waals surface area (Å²) in [7, 11) is 0. The van der Waals surface area contributed by atoms with Crippen LogP contribution in [0.4, 0.5) is 0 Å². The summed E-state index contributed by atoms with van der Waals surface area (Å²) in [6, 6.07) is 9.32. The van der Waals surface area contributed by atoms with Gasteiger partial charge in [-0.25, -0.2) is 4.98 Å².